The number of esters is 1. The average molecular weight is 357 g/mol. The summed E-state index contributed by atoms with van der Waals surface area (Å²) in [7, 11) is 0. The minimum atomic E-state index is -0.500. The summed E-state index contributed by atoms with van der Waals surface area (Å²) >= 11 is 0. The molecule has 0 aromatic carbocycles. The second-order valence-electron chi connectivity index (χ2n) is 7.82. The number of hydrogen-bond donors (Lipinski definition) is 1. The van der Waals surface area contributed by atoms with Gasteiger partial charge in [0.25, 0.3) is 0 Å². The van der Waals surface area contributed by atoms with Crippen LogP contribution in [-0.4, -0.2) is 23.8 Å². The number of ether oxygens (including phenoxy) is 1. The van der Waals surface area contributed by atoms with Crippen LogP contribution in [0.1, 0.15) is 117 Å². The first-order valence-electron chi connectivity index (χ1n) is 10.9. The molecule has 0 aliphatic rings. The molecule has 3 nitrogen and oxygen atoms in total. The summed E-state index contributed by atoms with van der Waals surface area (Å²) in [5, 5.41) is 9.79. The van der Waals surface area contributed by atoms with Crippen LogP contribution < -0.4 is 0 Å². The van der Waals surface area contributed by atoms with Crippen LogP contribution in [0.4, 0.5) is 0 Å². The molecule has 0 saturated heterocycles. The normalized spacial score (nSPS) is 12.5. The van der Waals surface area contributed by atoms with Crippen molar-refractivity contribution in [3.8, 4) is 0 Å². The molecular weight excluding hydrogens is 312 g/mol. The first-order valence-corrected chi connectivity index (χ1v) is 10.9. The van der Waals surface area contributed by atoms with Gasteiger partial charge < -0.3 is 9.84 Å². The molecule has 1 N–H and O–H groups in total. The Morgan fingerprint density at radius 1 is 0.760 bits per heavy atom. The van der Waals surface area contributed by atoms with Crippen LogP contribution in [-0.2, 0) is 9.53 Å². The average Bonchev–Trinajstić information content (AvgIpc) is 2.59. The Morgan fingerprint density at radius 3 is 1.56 bits per heavy atom. The monoisotopic (exact) mass is 356 g/mol. The molecule has 0 aliphatic carbocycles. The Kier molecular flexibility index (Phi) is 17.8. The zero-order valence-corrected chi connectivity index (χ0v) is 17.2. The molecule has 0 amide bonds. The summed E-state index contributed by atoms with van der Waals surface area (Å²) in [5.74, 6) is -0.340. The molecule has 1 unspecified atom stereocenters. The van der Waals surface area contributed by atoms with Gasteiger partial charge in [-0.3, -0.25) is 4.79 Å². The minimum absolute atomic E-state index is 0.117. The zero-order chi connectivity index (χ0) is 18.8. The molecule has 0 fully saturated rings. The van der Waals surface area contributed by atoms with Crippen molar-refractivity contribution in [2.24, 2.45) is 5.92 Å². The maximum Gasteiger partial charge on any atom is 0.308 e. The van der Waals surface area contributed by atoms with Crippen molar-refractivity contribution in [1.29, 1.82) is 0 Å². The van der Waals surface area contributed by atoms with Crippen LogP contribution in [0.15, 0.2) is 0 Å². The van der Waals surface area contributed by atoms with E-state index in [0.717, 1.165) is 12.8 Å². The van der Waals surface area contributed by atoms with E-state index in [1.165, 1.54) is 83.5 Å². The topological polar surface area (TPSA) is 46.5 Å². The molecular formula is C22H44O3. The standard InChI is InChI=1S/C22H44O3/c1-4-5-6-7-8-9-10-11-12-13-14-15-16-17-18-21(23)19-25-22(24)20(2)3/h20-21,23H,4-19H2,1-3H3. The highest BCUT2D eigenvalue weighted by Gasteiger charge is 2.11. The highest BCUT2D eigenvalue weighted by atomic mass is 16.5. The van der Waals surface area contributed by atoms with Gasteiger partial charge in [-0.05, 0) is 6.42 Å². The number of unbranched alkanes of at least 4 members (excludes halogenated alkanes) is 13. The van der Waals surface area contributed by atoms with Crippen molar-refractivity contribution >= 4 is 5.97 Å². The van der Waals surface area contributed by atoms with Gasteiger partial charge in [0.2, 0.25) is 0 Å². The predicted octanol–water partition coefficient (Wildman–Crippen LogP) is 6.42. The highest BCUT2D eigenvalue weighted by Crippen LogP contribution is 2.14. The van der Waals surface area contributed by atoms with Crippen molar-refractivity contribution in [3.63, 3.8) is 0 Å². The highest BCUT2D eigenvalue weighted by molar-refractivity contribution is 5.71. The summed E-state index contributed by atoms with van der Waals surface area (Å²) in [5.41, 5.74) is 0. The van der Waals surface area contributed by atoms with E-state index in [-0.39, 0.29) is 18.5 Å². The molecule has 3 heteroatoms. The van der Waals surface area contributed by atoms with Gasteiger partial charge in [-0.1, -0.05) is 111 Å². The third-order valence-corrected chi connectivity index (χ3v) is 4.78. The fourth-order valence-electron chi connectivity index (χ4n) is 3.00. The largest absolute Gasteiger partial charge is 0.463 e. The molecule has 0 aliphatic heterocycles. The molecule has 150 valence electrons. The van der Waals surface area contributed by atoms with Crippen LogP contribution in [0, 0.1) is 5.92 Å². The van der Waals surface area contributed by atoms with Gasteiger partial charge in [0.05, 0.1) is 12.0 Å². The molecule has 0 radical (unpaired) electrons. The summed E-state index contributed by atoms with van der Waals surface area (Å²) < 4.78 is 5.05. The van der Waals surface area contributed by atoms with Crippen molar-refractivity contribution < 1.29 is 14.6 Å². The van der Waals surface area contributed by atoms with Crippen molar-refractivity contribution in [3.05, 3.63) is 0 Å². The molecule has 1 atom stereocenters. The third-order valence-electron chi connectivity index (χ3n) is 4.78. The second-order valence-corrected chi connectivity index (χ2v) is 7.82. The van der Waals surface area contributed by atoms with Crippen LogP contribution in [0.25, 0.3) is 0 Å². The molecule has 25 heavy (non-hydrogen) atoms. The zero-order valence-electron chi connectivity index (χ0n) is 17.2. The maximum atomic E-state index is 11.3. The third kappa shape index (κ3) is 18.0. The SMILES string of the molecule is CCCCCCCCCCCCCCCCC(O)COC(=O)C(C)C. The van der Waals surface area contributed by atoms with Gasteiger partial charge >= 0.3 is 5.97 Å². The Hall–Kier alpha value is -0.570. The molecule has 0 rings (SSSR count). The summed E-state index contributed by atoms with van der Waals surface area (Å²) in [6.07, 6.45) is 19.0. The van der Waals surface area contributed by atoms with Gasteiger partial charge in [0.1, 0.15) is 6.61 Å². The number of aliphatic hydroxyl groups excluding tert-OH is 1. The fourth-order valence-corrected chi connectivity index (χ4v) is 3.00. The number of rotatable bonds is 18. The smallest absolute Gasteiger partial charge is 0.308 e. The van der Waals surface area contributed by atoms with Gasteiger partial charge in [0.15, 0.2) is 0 Å². The van der Waals surface area contributed by atoms with E-state index in [0.29, 0.717) is 0 Å². The van der Waals surface area contributed by atoms with E-state index < -0.39 is 6.10 Å². The van der Waals surface area contributed by atoms with Gasteiger partial charge in [-0.2, -0.15) is 0 Å². The lowest BCUT2D eigenvalue weighted by Crippen LogP contribution is -2.21. The Bertz CT molecular complexity index is 289. The summed E-state index contributed by atoms with van der Waals surface area (Å²) in [4.78, 5) is 11.3. The van der Waals surface area contributed by atoms with Crippen molar-refractivity contribution in [1.82, 2.24) is 0 Å². The van der Waals surface area contributed by atoms with Crippen LogP contribution in [0.5, 0.6) is 0 Å². The predicted molar refractivity (Wildman–Crippen MR) is 107 cm³/mol. The van der Waals surface area contributed by atoms with Crippen LogP contribution in [0.3, 0.4) is 0 Å². The van der Waals surface area contributed by atoms with E-state index in [2.05, 4.69) is 6.92 Å². The Balaban J connectivity index is 3.19. The number of aliphatic hydroxyl groups is 1. The molecule has 0 aromatic heterocycles. The Labute approximate surface area is 156 Å². The first kappa shape index (κ1) is 24.4. The van der Waals surface area contributed by atoms with Gasteiger partial charge in [-0.25, -0.2) is 0 Å². The first-order chi connectivity index (χ1) is 12.1. The summed E-state index contributed by atoms with van der Waals surface area (Å²) in [6.45, 7) is 6.03. The molecule has 0 saturated carbocycles. The van der Waals surface area contributed by atoms with Crippen molar-refractivity contribution in [2.75, 3.05) is 6.61 Å². The van der Waals surface area contributed by atoms with Crippen LogP contribution in [0.2, 0.25) is 0 Å². The molecule has 0 bridgehead atoms. The van der Waals surface area contributed by atoms with Gasteiger partial charge in [0, 0.05) is 0 Å². The van der Waals surface area contributed by atoms with Crippen molar-refractivity contribution in [2.45, 2.75) is 123 Å². The molecule has 0 heterocycles. The summed E-state index contributed by atoms with van der Waals surface area (Å²) in [6, 6.07) is 0. The molecule has 0 spiro atoms. The number of carbonyl (C=O) groups is 1. The maximum absolute atomic E-state index is 11.3. The van der Waals surface area contributed by atoms with E-state index in [1.807, 2.05) is 13.8 Å². The van der Waals surface area contributed by atoms with E-state index >= 15 is 0 Å². The van der Waals surface area contributed by atoms with E-state index in [4.69, 9.17) is 4.74 Å². The Morgan fingerprint density at radius 2 is 1.16 bits per heavy atom. The molecule has 0 aromatic rings. The lowest BCUT2D eigenvalue weighted by Gasteiger charge is -2.12. The lowest BCUT2D eigenvalue weighted by atomic mass is 10.0. The second kappa shape index (κ2) is 18.2. The van der Waals surface area contributed by atoms with Crippen LogP contribution >= 0.6 is 0 Å². The van der Waals surface area contributed by atoms with E-state index in [9.17, 15) is 9.90 Å². The quantitative estimate of drug-likeness (QED) is 0.228. The lowest BCUT2D eigenvalue weighted by molar-refractivity contribution is -0.150. The van der Waals surface area contributed by atoms with Gasteiger partial charge in [-0.15, -0.1) is 0 Å². The number of carbonyl (C=O) groups excluding carboxylic acids is 1. The van der Waals surface area contributed by atoms with E-state index in [1.54, 1.807) is 0 Å². The minimum Gasteiger partial charge on any atom is -0.463 e. The number of hydrogen-bond acceptors (Lipinski definition) is 3. The fraction of sp³-hybridized carbons (Fsp3) is 0.955.